The largest absolute Gasteiger partial charge is 0.362 e. The molecule has 3 aromatic rings. The summed E-state index contributed by atoms with van der Waals surface area (Å²) in [7, 11) is 3.68. The topological polar surface area (TPSA) is 94.8 Å². The fraction of sp³-hybridized carbons (Fsp3) is 0.190. The van der Waals surface area contributed by atoms with E-state index in [4.69, 9.17) is 0 Å². The molecule has 0 aliphatic rings. The Morgan fingerprint density at radius 2 is 1.97 bits per heavy atom. The third-order valence-corrected chi connectivity index (χ3v) is 4.91. The molecule has 0 saturated heterocycles. The van der Waals surface area contributed by atoms with Gasteiger partial charge in [0, 0.05) is 48.9 Å². The normalized spacial score (nSPS) is 10.3. The highest BCUT2D eigenvalue weighted by Crippen LogP contribution is 2.28. The molecule has 1 amide bonds. The molecule has 0 atom stereocenters. The maximum Gasteiger partial charge on any atom is 0.255 e. The Bertz CT molecular complexity index is 1110. The summed E-state index contributed by atoms with van der Waals surface area (Å²) in [5, 5.41) is 13.1. The molecule has 0 saturated carbocycles. The monoisotopic (exact) mass is 404 g/mol. The van der Waals surface area contributed by atoms with Gasteiger partial charge in [-0.1, -0.05) is 0 Å². The number of rotatable bonds is 5. The number of aromatic nitrogens is 3. The molecule has 0 radical (unpaired) electrons. The smallest absolute Gasteiger partial charge is 0.255 e. The van der Waals surface area contributed by atoms with Gasteiger partial charge in [0.15, 0.2) is 0 Å². The molecule has 0 unspecified atom stereocenters. The van der Waals surface area contributed by atoms with Crippen LogP contribution in [0.2, 0.25) is 0 Å². The summed E-state index contributed by atoms with van der Waals surface area (Å²) in [6.07, 6.45) is 6.84. The van der Waals surface area contributed by atoms with E-state index in [0.29, 0.717) is 22.6 Å². The summed E-state index contributed by atoms with van der Waals surface area (Å²) in [5.74, 6) is 0.367. The number of nitrogens with zero attached hydrogens (tertiary/aromatic N) is 5. The van der Waals surface area contributed by atoms with Crippen molar-refractivity contribution in [2.45, 2.75) is 11.9 Å². The number of hydrogen-bond donors (Lipinski definition) is 1. The number of pyridine rings is 3. The summed E-state index contributed by atoms with van der Waals surface area (Å²) in [6, 6.07) is 9.21. The van der Waals surface area contributed by atoms with Crippen LogP contribution in [0, 0.1) is 18.3 Å². The number of aryl methyl sites for hydroxylation is 1. The summed E-state index contributed by atoms with van der Waals surface area (Å²) in [6.45, 7) is 1.88. The molecule has 0 aliphatic carbocycles. The van der Waals surface area contributed by atoms with Crippen molar-refractivity contribution in [2.75, 3.05) is 30.6 Å². The predicted molar refractivity (Wildman–Crippen MR) is 115 cm³/mol. The lowest BCUT2D eigenvalue weighted by Crippen LogP contribution is -2.13. The van der Waals surface area contributed by atoms with Crippen LogP contribution in [0.4, 0.5) is 11.5 Å². The standard InChI is InChI=1S/C21H20N6OS/c1-13-18(16-7-15(10-22)20(25-11-16)27(2)3)9-17(12-24-13)26-21(28)14-5-6-23-19(8-14)29-4/h5-9,11-12H,1-4H3,(H,26,28). The molecule has 0 fully saturated rings. The van der Waals surface area contributed by atoms with Crippen LogP contribution in [-0.4, -0.2) is 41.2 Å². The predicted octanol–water partition coefficient (Wildman–Crippen LogP) is 3.76. The molecule has 3 heterocycles. The number of nitrogens with one attached hydrogen (secondary N) is 1. The number of carbonyl (C=O) groups excluding carboxylic acids is 1. The molecule has 0 bridgehead atoms. The number of carbonyl (C=O) groups is 1. The van der Waals surface area contributed by atoms with Gasteiger partial charge in [-0.3, -0.25) is 9.78 Å². The van der Waals surface area contributed by atoms with Crippen molar-refractivity contribution in [1.82, 2.24) is 15.0 Å². The van der Waals surface area contributed by atoms with Gasteiger partial charge in [0.05, 0.1) is 22.5 Å². The Morgan fingerprint density at radius 3 is 2.66 bits per heavy atom. The minimum absolute atomic E-state index is 0.238. The van der Waals surface area contributed by atoms with Crippen LogP contribution in [0.25, 0.3) is 11.1 Å². The molecule has 7 nitrogen and oxygen atoms in total. The molecule has 0 aromatic carbocycles. The Kier molecular flexibility index (Phi) is 6.10. The molecule has 3 rings (SSSR count). The minimum Gasteiger partial charge on any atom is -0.362 e. The van der Waals surface area contributed by atoms with Crippen LogP contribution in [-0.2, 0) is 0 Å². The molecular weight excluding hydrogens is 384 g/mol. The van der Waals surface area contributed by atoms with Crippen LogP contribution >= 0.6 is 11.8 Å². The fourth-order valence-electron chi connectivity index (χ4n) is 2.80. The van der Waals surface area contributed by atoms with Crippen molar-refractivity contribution in [1.29, 1.82) is 5.26 Å². The van der Waals surface area contributed by atoms with Gasteiger partial charge in [0.25, 0.3) is 5.91 Å². The van der Waals surface area contributed by atoms with Crippen LogP contribution in [0.1, 0.15) is 21.6 Å². The van der Waals surface area contributed by atoms with Gasteiger partial charge in [-0.2, -0.15) is 5.26 Å². The van der Waals surface area contributed by atoms with Crippen LogP contribution in [0.5, 0.6) is 0 Å². The van der Waals surface area contributed by atoms with Gasteiger partial charge in [0.2, 0.25) is 0 Å². The van der Waals surface area contributed by atoms with E-state index in [1.54, 1.807) is 41.7 Å². The van der Waals surface area contributed by atoms with E-state index in [0.717, 1.165) is 21.8 Å². The van der Waals surface area contributed by atoms with E-state index in [2.05, 4.69) is 26.3 Å². The van der Waals surface area contributed by atoms with Crippen molar-refractivity contribution >= 4 is 29.2 Å². The van der Waals surface area contributed by atoms with Gasteiger partial charge in [-0.05, 0) is 37.4 Å². The zero-order valence-electron chi connectivity index (χ0n) is 16.6. The molecule has 0 aliphatic heterocycles. The summed E-state index contributed by atoms with van der Waals surface area (Å²) in [4.78, 5) is 27.4. The number of amides is 1. The van der Waals surface area contributed by atoms with Gasteiger partial charge in [-0.15, -0.1) is 11.8 Å². The van der Waals surface area contributed by atoms with E-state index in [9.17, 15) is 10.1 Å². The average molecular weight is 404 g/mol. The fourth-order valence-corrected chi connectivity index (χ4v) is 3.21. The minimum atomic E-state index is -0.238. The summed E-state index contributed by atoms with van der Waals surface area (Å²) < 4.78 is 0. The van der Waals surface area contributed by atoms with Crippen molar-refractivity contribution < 1.29 is 4.79 Å². The van der Waals surface area contributed by atoms with Crippen LogP contribution < -0.4 is 10.2 Å². The molecule has 3 aromatic heterocycles. The quantitative estimate of drug-likeness (QED) is 0.647. The second-order valence-corrected chi connectivity index (χ2v) is 7.33. The summed E-state index contributed by atoms with van der Waals surface area (Å²) in [5.41, 5.74) is 3.91. The lowest BCUT2D eigenvalue weighted by atomic mass is 10.0. The molecule has 8 heteroatoms. The first-order chi connectivity index (χ1) is 13.9. The number of nitriles is 1. The average Bonchev–Trinajstić information content (AvgIpc) is 2.74. The first kappa shape index (κ1) is 20.3. The Labute approximate surface area is 173 Å². The maximum absolute atomic E-state index is 12.6. The second kappa shape index (κ2) is 8.71. The van der Waals surface area contributed by atoms with Gasteiger partial charge in [-0.25, -0.2) is 9.97 Å². The lowest BCUT2D eigenvalue weighted by molar-refractivity contribution is 0.102. The van der Waals surface area contributed by atoms with E-state index in [1.165, 1.54) is 11.8 Å². The highest BCUT2D eigenvalue weighted by molar-refractivity contribution is 7.98. The molecule has 1 N–H and O–H groups in total. The lowest BCUT2D eigenvalue weighted by Gasteiger charge is -2.15. The third kappa shape index (κ3) is 4.52. The zero-order valence-corrected chi connectivity index (χ0v) is 17.4. The van der Waals surface area contributed by atoms with Crippen molar-refractivity contribution in [2.24, 2.45) is 0 Å². The van der Waals surface area contributed by atoms with Crippen molar-refractivity contribution in [3.63, 3.8) is 0 Å². The van der Waals surface area contributed by atoms with E-state index in [1.807, 2.05) is 33.3 Å². The number of anilines is 2. The third-order valence-electron chi connectivity index (χ3n) is 4.27. The van der Waals surface area contributed by atoms with E-state index in [-0.39, 0.29) is 5.91 Å². The highest BCUT2D eigenvalue weighted by Gasteiger charge is 2.13. The van der Waals surface area contributed by atoms with E-state index >= 15 is 0 Å². The summed E-state index contributed by atoms with van der Waals surface area (Å²) >= 11 is 1.47. The van der Waals surface area contributed by atoms with Crippen molar-refractivity contribution in [3.05, 3.63) is 59.7 Å². The second-order valence-electron chi connectivity index (χ2n) is 6.50. The Balaban J connectivity index is 1.92. The van der Waals surface area contributed by atoms with Gasteiger partial charge < -0.3 is 10.2 Å². The van der Waals surface area contributed by atoms with Crippen LogP contribution in [0.15, 0.2) is 47.9 Å². The van der Waals surface area contributed by atoms with Gasteiger partial charge >= 0.3 is 0 Å². The maximum atomic E-state index is 12.6. The van der Waals surface area contributed by atoms with Crippen molar-refractivity contribution in [3.8, 4) is 17.2 Å². The molecule has 29 heavy (non-hydrogen) atoms. The first-order valence-electron chi connectivity index (χ1n) is 8.78. The molecular formula is C21H20N6OS. The Morgan fingerprint density at radius 1 is 1.17 bits per heavy atom. The number of hydrogen-bond acceptors (Lipinski definition) is 7. The molecule has 146 valence electrons. The van der Waals surface area contributed by atoms with Crippen LogP contribution in [0.3, 0.4) is 0 Å². The van der Waals surface area contributed by atoms with E-state index < -0.39 is 0 Å². The molecule has 0 spiro atoms. The number of thioether (sulfide) groups is 1. The first-order valence-corrected chi connectivity index (χ1v) is 10.0. The van der Waals surface area contributed by atoms with Gasteiger partial charge in [0.1, 0.15) is 11.9 Å². The SMILES string of the molecule is CSc1cc(C(=O)Nc2cnc(C)c(-c3cnc(N(C)C)c(C#N)c3)c2)ccn1. The Hall–Kier alpha value is -3.44. The zero-order chi connectivity index (χ0) is 21.0. The highest BCUT2D eigenvalue weighted by atomic mass is 32.2.